The molecule has 0 bridgehead atoms. The zero-order chi connectivity index (χ0) is 9.73. The van der Waals surface area contributed by atoms with Crippen molar-refractivity contribution in [3.63, 3.8) is 0 Å². The van der Waals surface area contributed by atoms with Crippen LogP contribution in [-0.2, 0) is 0 Å². The fraction of sp³-hybridized carbons (Fsp3) is 0.900. The first-order valence-electron chi connectivity index (χ1n) is 5.25. The summed E-state index contributed by atoms with van der Waals surface area (Å²) >= 11 is -1.98. The van der Waals surface area contributed by atoms with E-state index in [4.69, 9.17) is 0 Å². The monoisotopic (exact) mass is 288 g/mol. The summed E-state index contributed by atoms with van der Waals surface area (Å²) in [5.41, 5.74) is 0. The number of aliphatic imine (C=N–C) groups is 1. The molecule has 0 saturated heterocycles. The predicted molar refractivity (Wildman–Crippen MR) is 60.1 cm³/mol. The molecule has 2 nitrogen and oxygen atoms in total. The van der Waals surface area contributed by atoms with Crippen molar-refractivity contribution in [3.05, 3.63) is 0 Å². The van der Waals surface area contributed by atoms with Crippen LogP contribution in [0.25, 0.3) is 0 Å². The topological polar surface area (TPSA) is 24.7 Å². The fourth-order valence-corrected chi connectivity index (χ4v) is 2.49. The Balaban J connectivity index is 2.42. The van der Waals surface area contributed by atoms with Crippen LogP contribution in [0.5, 0.6) is 0 Å². The minimum absolute atomic E-state index is 0.533. The van der Waals surface area contributed by atoms with E-state index in [-0.39, 0.29) is 0 Å². The summed E-state index contributed by atoms with van der Waals surface area (Å²) in [5, 5.41) is 0. The van der Waals surface area contributed by atoms with Gasteiger partial charge in [0.15, 0.2) is 0 Å². The summed E-state index contributed by atoms with van der Waals surface area (Å²) in [4.78, 5) is 11.2. The second-order valence-electron chi connectivity index (χ2n) is 4.80. The van der Waals surface area contributed by atoms with Gasteiger partial charge in [0.2, 0.25) is 0 Å². The van der Waals surface area contributed by atoms with Gasteiger partial charge in [0.1, 0.15) is 0 Å². The number of hydrogen-bond acceptors (Lipinski definition) is 2. The van der Waals surface area contributed by atoms with E-state index in [2.05, 4.69) is 29.0 Å². The van der Waals surface area contributed by atoms with Gasteiger partial charge in [-0.1, -0.05) is 0 Å². The van der Waals surface area contributed by atoms with Crippen LogP contribution in [0.4, 0.5) is 0 Å². The third-order valence-corrected chi connectivity index (χ3v) is 4.40. The molecule has 1 aliphatic rings. The van der Waals surface area contributed by atoms with Gasteiger partial charge in [0.05, 0.1) is 0 Å². The first-order chi connectivity index (χ1) is 6.08. The van der Waals surface area contributed by atoms with Gasteiger partial charge in [-0.15, -0.1) is 0 Å². The third-order valence-electron chi connectivity index (χ3n) is 2.20. The van der Waals surface area contributed by atoms with Crippen LogP contribution in [0.1, 0.15) is 32.1 Å². The van der Waals surface area contributed by atoms with Gasteiger partial charge >= 0.3 is 85.8 Å². The summed E-state index contributed by atoms with van der Waals surface area (Å²) < 4.78 is 4.44. The standard InChI is InChI=1S/C7H11N2.3CH3.Sn/c8-6-9-7-4-2-1-3-5-7;;;;/h7H,1-5H2;3*1H3;/q-1;;;;+1. The number of nitrogens with zero attached hydrogens (tertiary/aromatic N) is 2. The average Bonchev–Trinajstić information content (AvgIpc) is 2.04. The van der Waals surface area contributed by atoms with Crippen LogP contribution < -0.4 is 0 Å². The van der Waals surface area contributed by atoms with Crippen LogP contribution in [0.15, 0.2) is 8.21 Å². The van der Waals surface area contributed by atoms with Crippen LogP contribution in [0.2, 0.25) is 14.8 Å². The molecule has 0 aromatic carbocycles. The van der Waals surface area contributed by atoms with Crippen molar-refractivity contribution in [1.82, 2.24) is 0 Å². The molecule has 0 radical (unpaired) electrons. The quantitative estimate of drug-likeness (QED) is 0.550. The van der Waals surface area contributed by atoms with Crippen molar-refractivity contribution in [3.8, 4) is 0 Å². The molecule has 1 fully saturated rings. The van der Waals surface area contributed by atoms with Gasteiger partial charge in [-0.3, -0.25) is 0 Å². The van der Waals surface area contributed by atoms with Crippen molar-refractivity contribution in [1.29, 1.82) is 0 Å². The summed E-state index contributed by atoms with van der Waals surface area (Å²) in [5.74, 6) is 0. The molecule has 0 aliphatic heterocycles. The van der Waals surface area contributed by atoms with Crippen molar-refractivity contribution < 1.29 is 0 Å². The Morgan fingerprint density at radius 1 is 1.08 bits per heavy atom. The average molecular weight is 287 g/mol. The maximum atomic E-state index is 4.44. The second-order valence-corrected chi connectivity index (χ2v) is 17.8. The Hall–Kier alpha value is 0.179. The van der Waals surface area contributed by atoms with Crippen molar-refractivity contribution in [2.45, 2.75) is 53.0 Å². The third kappa shape index (κ3) is 5.48. The Morgan fingerprint density at radius 2 is 1.69 bits per heavy atom. The summed E-state index contributed by atoms with van der Waals surface area (Å²) in [6.45, 7) is 0. The molecule has 74 valence electrons. The zero-order valence-electron chi connectivity index (χ0n) is 9.01. The molecule has 1 saturated carbocycles. The van der Waals surface area contributed by atoms with E-state index in [0.717, 1.165) is 0 Å². The molecule has 0 atom stereocenters. The molecule has 3 heteroatoms. The molecule has 0 amide bonds. The number of rotatable bonds is 2. The van der Waals surface area contributed by atoms with Gasteiger partial charge in [0.25, 0.3) is 0 Å². The van der Waals surface area contributed by atoms with Crippen molar-refractivity contribution in [2.24, 2.45) is 8.21 Å². The van der Waals surface area contributed by atoms with Crippen LogP contribution >= 0.6 is 0 Å². The molecular weight excluding hydrogens is 267 g/mol. The van der Waals surface area contributed by atoms with E-state index in [1.807, 2.05) is 0 Å². The molecule has 0 aromatic rings. The van der Waals surface area contributed by atoms with Gasteiger partial charge in [-0.05, 0) is 0 Å². The first kappa shape index (κ1) is 11.3. The maximum absolute atomic E-state index is 4.44. The Labute approximate surface area is 85.8 Å². The molecule has 0 heterocycles. The molecule has 0 N–H and O–H groups in total. The van der Waals surface area contributed by atoms with E-state index in [9.17, 15) is 0 Å². The molecule has 0 unspecified atom stereocenters. The van der Waals surface area contributed by atoms with Crippen LogP contribution in [0, 0.1) is 0 Å². The predicted octanol–water partition coefficient (Wildman–Crippen LogP) is 3.33. The molecular formula is C10H20N2Sn. The molecule has 0 spiro atoms. The van der Waals surface area contributed by atoms with E-state index < -0.39 is 18.7 Å². The molecule has 13 heavy (non-hydrogen) atoms. The Kier molecular flexibility index (Phi) is 4.46. The molecule has 1 aliphatic carbocycles. The van der Waals surface area contributed by atoms with Crippen LogP contribution in [0.3, 0.4) is 0 Å². The van der Waals surface area contributed by atoms with Gasteiger partial charge < -0.3 is 0 Å². The normalized spacial score (nSPS) is 19.3. The van der Waals surface area contributed by atoms with E-state index in [1.54, 1.807) is 0 Å². The Bertz CT molecular complexity index is 205. The van der Waals surface area contributed by atoms with E-state index in [1.165, 1.54) is 32.1 Å². The van der Waals surface area contributed by atoms with Gasteiger partial charge in [-0.2, -0.15) is 0 Å². The molecule has 1 rings (SSSR count). The number of hydrogen-bond donors (Lipinski definition) is 0. The fourth-order valence-electron chi connectivity index (χ4n) is 1.47. The van der Waals surface area contributed by atoms with E-state index >= 15 is 0 Å². The van der Waals surface area contributed by atoms with Crippen LogP contribution in [-0.4, -0.2) is 30.7 Å². The summed E-state index contributed by atoms with van der Waals surface area (Å²) in [7, 11) is 0. The SMILES string of the molecule is [CH3][Sn]([CH3])([CH3])[N]=C=NC1CCCCC1. The Morgan fingerprint density at radius 3 is 2.23 bits per heavy atom. The summed E-state index contributed by atoms with van der Waals surface area (Å²) in [6.07, 6.45) is 6.58. The van der Waals surface area contributed by atoms with Gasteiger partial charge in [0, 0.05) is 0 Å². The van der Waals surface area contributed by atoms with E-state index in [0.29, 0.717) is 6.04 Å². The zero-order valence-corrected chi connectivity index (χ0v) is 11.9. The van der Waals surface area contributed by atoms with Gasteiger partial charge in [-0.25, -0.2) is 0 Å². The molecule has 0 aromatic heterocycles. The van der Waals surface area contributed by atoms with Crippen molar-refractivity contribution in [2.75, 3.05) is 0 Å². The minimum atomic E-state index is -1.98. The summed E-state index contributed by atoms with van der Waals surface area (Å²) in [6, 6.07) is 3.47. The second kappa shape index (κ2) is 5.16. The van der Waals surface area contributed by atoms with Crippen molar-refractivity contribution >= 4 is 24.7 Å². The first-order valence-corrected chi connectivity index (χ1v) is 15.1.